The Morgan fingerprint density at radius 2 is 1.85 bits per heavy atom. The molecule has 0 bridgehead atoms. The van der Waals surface area contributed by atoms with E-state index in [1.54, 1.807) is 0 Å². The lowest BCUT2D eigenvalue weighted by Crippen LogP contribution is -2.21. The Balaban J connectivity index is 1.37. The minimum absolute atomic E-state index is 0.201. The fourth-order valence-electron chi connectivity index (χ4n) is 5.18. The molecule has 0 aliphatic heterocycles. The molecule has 212 valence electrons. The number of pyridine rings is 1. The first-order chi connectivity index (χ1) is 19.6. The van der Waals surface area contributed by atoms with Crippen LogP contribution in [0.15, 0.2) is 78.9 Å². The fraction of sp³-hybridized carbons (Fsp3) is 0.314. The number of halogens is 1. The number of carbonyl (C=O) groups is 1. The van der Waals surface area contributed by atoms with Gasteiger partial charge in [-0.05, 0) is 86.1 Å². The highest BCUT2D eigenvalue weighted by Crippen LogP contribution is 2.46. The largest absolute Gasteiger partial charge is 0.458 e. The average Bonchev–Trinajstić information content (AvgIpc) is 3.70. The zero-order valence-corrected chi connectivity index (χ0v) is 25.3. The second kappa shape index (κ2) is 12.4. The molecule has 1 atom stereocenters. The van der Waals surface area contributed by atoms with Gasteiger partial charge in [0.2, 0.25) is 0 Å². The van der Waals surface area contributed by atoms with E-state index in [0.29, 0.717) is 5.02 Å². The molecule has 4 aromatic rings. The summed E-state index contributed by atoms with van der Waals surface area (Å²) in [5.74, 6) is 0.559. The minimum Gasteiger partial charge on any atom is -0.458 e. The SMILES string of the molecule is CC(=O)OC1(CSC(CCc2ccccc2C(C)(C)O)c2cccc(/C=C/c3ccc4ccc(Cl)cc4n3)c2)CC1. The zero-order valence-electron chi connectivity index (χ0n) is 23.8. The molecule has 1 saturated carbocycles. The number of aliphatic hydroxyl groups is 1. The molecule has 1 aromatic heterocycles. The van der Waals surface area contributed by atoms with Crippen LogP contribution in [0.1, 0.15) is 73.2 Å². The summed E-state index contributed by atoms with van der Waals surface area (Å²) in [6.07, 6.45) is 7.69. The summed E-state index contributed by atoms with van der Waals surface area (Å²) in [5.41, 5.74) is 4.96. The van der Waals surface area contributed by atoms with E-state index in [2.05, 4.69) is 42.5 Å². The Hall–Kier alpha value is -3.12. The van der Waals surface area contributed by atoms with Gasteiger partial charge in [0, 0.05) is 28.3 Å². The Kier molecular flexibility index (Phi) is 8.88. The first-order valence-corrected chi connectivity index (χ1v) is 15.5. The van der Waals surface area contributed by atoms with Crippen LogP contribution in [0.25, 0.3) is 23.1 Å². The summed E-state index contributed by atoms with van der Waals surface area (Å²) < 4.78 is 5.69. The third-order valence-corrected chi connectivity index (χ3v) is 9.31. The van der Waals surface area contributed by atoms with Crippen molar-refractivity contribution in [2.75, 3.05) is 5.75 Å². The Morgan fingerprint density at radius 3 is 2.61 bits per heavy atom. The van der Waals surface area contributed by atoms with Crippen molar-refractivity contribution in [3.05, 3.63) is 112 Å². The number of thioether (sulfide) groups is 1. The quantitative estimate of drug-likeness (QED) is 0.178. The van der Waals surface area contributed by atoms with Crippen LogP contribution in [0, 0.1) is 0 Å². The summed E-state index contributed by atoms with van der Waals surface area (Å²) >= 11 is 8.03. The molecule has 1 heterocycles. The van der Waals surface area contributed by atoms with Crippen molar-refractivity contribution < 1.29 is 14.6 Å². The van der Waals surface area contributed by atoms with Crippen LogP contribution in [0.3, 0.4) is 0 Å². The second-order valence-corrected chi connectivity index (χ2v) is 13.0. The highest BCUT2D eigenvalue weighted by atomic mass is 35.5. The van der Waals surface area contributed by atoms with E-state index < -0.39 is 5.60 Å². The lowest BCUT2D eigenvalue weighted by molar-refractivity contribution is -0.147. The molecule has 1 N–H and O–H groups in total. The second-order valence-electron chi connectivity index (χ2n) is 11.4. The van der Waals surface area contributed by atoms with E-state index in [0.717, 1.165) is 64.7 Å². The number of esters is 1. The number of aryl methyl sites for hydroxylation is 1. The van der Waals surface area contributed by atoms with Crippen molar-refractivity contribution in [1.82, 2.24) is 4.98 Å². The van der Waals surface area contributed by atoms with Crippen LogP contribution in [0.4, 0.5) is 0 Å². The molecule has 1 aliphatic carbocycles. The molecule has 3 aromatic carbocycles. The summed E-state index contributed by atoms with van der Waals surface area (Å²) in [6, 6.07) is 26.6. The first kappa shape index (κ1) is 29.4. The van der Waals surface area contributed by atoms with Gasteiger partial charge in [-0.3, -0.25) is 4.79 Å². The maximum Gasteiger partial charge on any atom is 0.303 e. The number of aromatic nitrogens is 1. The Labute approximate surface area is 251 Å². The highest BCUT2D eigenvalue weighted by molar-refractivity contribution is 7.99. The third kappa shape index (κ3) is 7.79. The zero-order chi connectivity index (χ0) is 29.0. The first-order valence-electron chi connectivity index (χ1n) is 14.1. The van der Waals surface area contributed by atoms with Crippen molar-refractivity contribution in [1.29, 1.82) is 0 Å². The van der Waals surface area contributed by atoms with E-state index in [4.69, 9.17) is 21.3 Å². The maximum atomic E-state index is 11.7. The molecule has 6 heteroatoms. The van der Waals surface area contributed by atoms with Crippen molar-refractivity contribution >= 4 is 52.4 Å². The van der Waals surface area contributed by atoms with Crippen LogP contribution < -0.4 is 0 Å². The van der Waals surface area contributed by atoms with Gasteiger partial charge in [0.15, 0.2) is 0 Å². The van der Waals surface area contributed by atoms with Crippen LogP contribution in [0.2, 0.25) is 5.02 Å². The molecule has 1 fully saturated rings. The van der Waals surface area contributed by atoms with Gasteiger partial charge in [-0.1, -0.05) is 78.3 Å². The van der Waals surface area contributed by atoms with Crippen LogP contribution in [0.5, 0.6) is 0 Å². The van der Waals surface area contributed by atoms with E-state index in [1.165, 1.54) is 12.5 Å². The van der Waals surface area contributed by atoms with Crippen LogP contribution in [-0.4, -0.2) is 27.4 Å². The summed E-state index contributed by atoms with van der Waals surface area (Å²) in [7, 11) is 0. The van der Waals surface area contributed by atoms with Gasteiger partial charge in [0.05, 0.1) is 16.8 Å². The summed E-state index contributed by atoms with van der Waals surface area (Å²) in [5, 5.41) is 12.7. The smallest absolute Gasteiger partial charge is 0.303 e. The van der Waals surface area contributed by atoms with E-state index in [9.17, 15) is 9.90 Å². The molecule has 0 amide bonds. The molecular weight excluding hydrogens is 550 g/mol. The van der Waals surface area contributed by atoms with Gasteiger partial charge in [0.25, 0.3) is 0 Å². The van der Waals surface area contributed by atoms with Gasteiger partial charge in [0.1, 0.15) is 5.60 Å². The molecule has 1 unspecified atom stereocenters. The summed E-state index contributed by atoms with van der Waals surface area (Å²) in [6.45, 7) is 5.16. The number of benzene rings is 3. The number of ether oxygens (including phenoxy) is 1. The lowest BCUT2D eigenvalue weighted by atomic mass is 9.90. The van der Waals surface area contributed by atoms with E-state index in [-0.39, 0.29) is 16.8 Å². The Bertz CT molecular complexity index is 1570. The molecule has 0 radical (unpaired) electrons. The van der Waals surface area contributed by atoms with E-state index >= 15 is 0 Å². The van der Waals surface area contributed by atoms with Gasteiger partial charge in [-0.15, -0.1) is 11.8 Å². The maximum absolute atomic E-state index is 11.7. The monoisotopic (exact) mass is 585 g/mol. The number of nitrogens with zero attached hydrogens (tertiary/aromatic N) is 1. The number of fused-ring (bicyclic) bond motifs is 1. The number of rotatable bonds is 11. The number of hydrogen-bond donors (Lipinski definition) is 1. The van der Waals surface area contributed by atoms with Crippen molar-refractivity contribution in [2.45, 2.75) is 62.9 Å². The Morgan fingerprint density at radius 1 is 1.07 bits per heavy atom. The van der Waals surface area contributed by atoms with Crippen molar-refractivity contribution in [3.8, 4) is 0 Å². The predicted molar refractivity (Wildman–Crippen MR) is 171 cm³/mol. The molecule has 41 heavy (non-hydrogen) atoms. The van der Waals surface area contributed by atoms with E-state index in [1.807, 2.05) is 74.1 Å². The van der Waals surface area contributed by atoms with Gasteiger partial charge < -0.3 is 9.84 Å². The predicted octanol–water partition coefficient (Wildman–Crippen LogP) is 8.79. The van der Waals surface area contributed by atoms with Gasteiger partial charge in [-0.2, -0.15) is 0 Å². The summed E-state index contributed by atoms with van der Waals surface area (Å²) in [4.78, 5) is 16.5. The molecule has 5 rings (SSSR count). The van der Waals surface area contributed by atoms with Gasteiger partial charge >= 0.3 is 5.97 Å². The third-order valence-electron chi connectivity index (χ3n) is 7.47. The normalized spacial score (nSPS) is 15.2. The van der Waals surface area contributed by atoms with Gasteiger partial charge in [-0.25, -0.2) is 4.98 Å². The average molecular weight is 586 g/mol. The topological polar surface area (TPSA) is 59.4 Å². The number of carbonyl (C=O) groups excluding carboxylic acids is 1. The van der Waals surface area contributed by atoms with Crippen LogP contribution in [-0.2, 0) is 21.6 Å². The number of hydrogen-bond acceptors (Lipinski definition) is 5. The van der Waals surface area contributed by atoms with Crippen LogP contribution >= 0.6 is 23.4 Å². The minimum atomic E-state index is -0.903. The fourth-order valence-corrected chi connectivity index (χ4v) is 6.83. The molecule has 0 saturated heterocycles. The standard InChI is InChI=1S/C35H36ClNO3S/c1-24(38)40-35(19-20-35)23-41-33(18-14-26-8-4-5-10-31(26)34(2,3)39)28-9-6-7-25(21-28)11-16-30-17-13-27-12-15-29(36)22-32(27)37-30/h4-13,15-17,21-22,33,39H,14,18-20,23H2,1-3H3/b16-11+. The van der Waals surface area contributed by atoms with Crippen molar-refractivity contribution in [3.63, 3.8) is 0 Å². The van der Waals surface area contributed by atoms with Crippen molar-refractivity contribution in [2.24, 2.45) is 0 Å². The molecule has 0 spiro atoms. The lowest BCUT2D eigenvalue weighted by Gasteiger charge is -2.24. The highest BCUT2D eigenvalue weighted by Gasteiger charge is 2.46. The molecule has 4 nitrogen and oxygen atoms in total. The molecular formula is C35H36ClNO3S. The molecule has 1 aliphatic rings.